The molecule has 0 aromatic heterocycles. The zero-order chi connectivity index (χ0) is 14.7. The average Bonchev–Trinajstić information content (AvgIpc) is 2.38. The zero-order valence-electron chi connectivity index (χ0n) is 11.4. The lowest BCUT2D eigenvalue weighted by atomic mass is 10.1. The molecule has 0 aliphatic carbocycles. The third kappa shape index (κ3) is 3.77. The first-order valence-corrected chi connectivity index (χ1v) is 7.41. The maximum atomic E-state index is 13.8. The molecule has 0 bridgehead atoms. The number of benzene rings is 1. The number of hydrogen-bond acceptors (Lipinski definition) is 3. The van der Waals surface area contributed by atoms with Crippen LogP contribution in [0.5, 0.6) is 0 Å². The number of hydrogen-bond donors (Lipinski definition) is 1. The van der Waals surface area contributed by atoms with Gasteiger partial charge in [0.05, 0.1) is 11.7 Å². The van der Waals surface area contributed by atoms with Gasteiger partial charge in [-0.25, -0.2) is 4.39 Å². The molecule has 0 spiro atoms. The highest BCUT2D eigenvalue weighted by molar-refractivity contribution is 9.10. The van der Waals surface area contributed by atoms with E-state index in [9.17, 15) is 14.3 Å². The standard InChI is InChI=1S/C14H18BrFN2O2/c1-10(19)9-17-4-6-18(7-5-17)14(20)12-3-2-11(15)8-13(12)16/h2-3,8,10,19H,4-7,9H2,1H3. The molecular formula is C14H18BrFN2O2. The van der Waals surface area contributed by atoms with Gasteiger partial charge in [-0.3, -0.25) is 9.69 Å². The minimum absolute atomic E-state index is 0.108. The summed E-state index contributed by atoms with van der Waals surface area (Å²) in [5.41, 5.74) is 0.108. The van der Waals surface area contributed by atoms with Crippen molar-refractivity contribution in [3.63, 3.8) is 0 Å². The molecule has 1 aromatic carbocycles. The first-order chi connectivity index (χ1) is 9.47. The van der Waals surface area contributed by atoms with Crippen LogP contribution in [0.2, 0.25) is 0 Å². The smallest absolute Gasteiger partial charge is 0.256 e. The van der Waals surface area contributed by atoms with Crippen LogP contribution in [0.25, 0.3) is 0 Å². The van der Waals surface area contributed by atoms with Gasteiger partial charge in [0.2, 0.25) is 0 Å². The molecule has 110 valence electrons. The van der Waals surface area contributed by atoms with Crippen molar-refractivity contribution in [3.8, 4) is 0 Å². The van der Waals surface area contributed by atoms with Crippen molar-refractivity contribution in [3.05, 3.63) is 34.1 Å². The van der Waals surface area contributed by atoms with Gasteiger partial charge in [-0.1, -0.05) is 15.9 Å². The summed E-state index contributed by atoms with van der Waals surface area (Å²) in [6.45, 7) is 4.87. The fraction of sp³-hybridized carbons (Fsp3) is 0.500. The number of carbonyl (C=O) groups is 1. The maximum Gasteiger partial charge on any atom is 0.256 e. The first-order valence-electron chi connectivity index (χ1n) is 6.62. The molecule has 1 heterocycles. The van der Waals surface area contributed by atoms with Crippen LogP contribution in [0.1, 0.15) is 17.3 Å². The molecule has 4 nitrogen and oxygen atoms in total. The van der Waals surface area contributed by atoms with Crippen molar-refractivity contribution in [2.75, 3.05) is 32.7 Å². The van der Waals surface area contributed by atoms with Gasteiger partial charge in [0.25, 0.3) is 5.91 Å². The van der Waals surface area contributed by atoms with Crippen LogP contribution in [0, 0.1) is 5.82 Å². The predicted octanol–water partition coefficient (Wildman–Crippen LogP) is 1.73. The molecule has 0 saturated carbocycles. The number of nitrogens with zero attached hydrogens (tertiary/aromatic N) is 2. The Balaban J connectivity index is 1.98. The van der Waals surface area contributed by atoms with Crippen LogP contribution >= 0.6 is 15.9 Å². The van der Waals surface area contributed by atoms with Crippen molar-refractivity contribution < 1.29 is 14.3 Å². The Morgan fingerprint density at radius 2 is 2.05 bits per heavy atom. The summed E-state index contributed by atoms with van der Waals surface area (Å²) in [5, 5.41) is 9.34. The second kappa shape index (κ2) is 6.65. The van der Waals surface area contributed by atoms with Crippen molar-refractivity contribution in [2.24, 2.45) is 0 Å². The molecule has 1 amide bonds. The van der Waals surface area contributed by atoms with Crippen LogP contribution in [-0.4, -0.2) is 59.6 Å². The summed E-state index contributed by atoms with van der Waals surface area (Å²) in [5.74, 6) is -0.775. The monoisotopic (exact) mass is 344 g/mol. The van der Waals surface area contributed by atoms with Crippen LogP contribution < -0.4 is 0 Å². The molecule has 1 aromatic rings. The Labute approximate surface area is 126 Å². The molecule has 1 aliphatic rings. The summed E-state index contributed by atoms with van der Waals surface area (Å²) in [6.07, 6.45) is -0.374. The number of rotatable bonds is 3. The Bertz CT molecular complexity index is 488. The zero-order valence-corrected chi connectivity index (χ0v) is 12.9. The SMILES string of the molecule is CC(O)CN1CCN(C(=O)c2ccc(Br)cc2F)CC1. The van der Waals surface area contributed by atoms with E-state index in [4.69, 9.17) is 0 Å². The van der Waals surface area contributed by atoms with Gasteiger partial charge in [-0.15, -0.1) is 0 Å². The van der Waals surface area contributed by atoms with Crippen LogP contribution in [0.3, 0.4) is 0 Å². The highest BCUT2D eigenvalue weighted by atomic mass is 79.9. The van der Waals surface area contributed by atoms with Crippen LogP contribution in [-0.2, 0) is 0 Å². The summed E-state index contributed by atoms with van der Waals surface area (Å²) >= 11 is 3.18. The molecule has 2 rings (SSSR count). The van der Waals surface area contributed by atoms with E-state index in [-0.39, 0.29) is 17.6 Å². The highest BCUT2D eigenvalue weighted by Crippen LogP contribution is 2.17. The summed E-state index contributed by atoms with van der Waals surface area (Å²) in [7, 11) is 0. The van der Waals surface area contributed by atoms with Gasteiger partial charge in [-0.05, 0) is 25.1 Å². The number of piperazine rings is 1. The van der Waals surface area contributed by atoms with Crippen molar-refractivity contribution in [1.82, 2.24) is 9.80 Å². The Morgan fingerprint density at radius 1 is 1.40 bits per heavy atom. The van der Waals surface area contributed by atoms with Crippen LogP contribution in [0.4, 0.5) is 4.39 Å². The molecule has 20 heavy (non-hydrogen) atoms. The summed E-state index contributed by atoms with van der Waals surface area (Å²) in [4.78, 5) is 16.0. The van der Waals surface area contributed by atoms with E-state index < -0.39 is 5.82 Å². The average molecular weight is 345 g/mol. The number of aliphatic hydroxyl groups excluding tert-OH is 1. The molecule has 1 fully saturated rings. The Morgan fingerprint density at radius 3 is 2.60 bits per heavy atom. The molecule has 1 unspecified atom stereocenters. The molecule has 1 saturated heterocycles. The molecule has 0 radical (unpaired) electrons. The summed E-state index contributed by atoms with van der Waals surface area (Å²) in [6, 6.07) is 4.47. The second-order valence-electron chi connectivity index (χ2n) is 5.07. The van der Waals surface area contributed by atoms with E-state index in [2.05, 4.69) is 20.8 Å². The minimum atomic E-state index is -0.504. The van der Waals surface area contributed by atoms with E-state index in [0.29, 0.717) is 37.2 Å². The van der Waals surface area contributed by atoms with Gasteiger partial charge >= 0.3 is 0 Å². The lowest BCUT2D eigenvalue weighted by Crippen LogP contribution is -2.50. The number of aliphatic hydroxyl groups is 1. The van der Waals surface area contributed by atoms with E-state index in [0.717, 1.165) is 0 Å². The third-order valence-electron chi connectivity index (χ3n) is 3.34. The molecule has 1 atom stereocenters. The van der Waals surface area contributed by atoms with Crippen molar-refractivity contribution >= 4 is 21.8 Å². The predicted molar refractivity (Wildman–Crippen MR) is 78.1 cm³/mol. The third-order valence-corrected chi connectivity index (χ3v) is 3.84. The maximum absolute atomic E-state index is 13.8. The number of amides is 1. The fourth-order valence-electron chi connectivity index (χ4n) is 2.34. The van der Waals surface area contributed by atoms with E-state index in [1.165, 1.54) is 12.1 Å². The van der Waals surface area contributed by atoms with Gasteiger partial charge in [0.1, 0.15) is 5.82 Å². The lowest BCUT2D eigenvalue weighted by Gasteiger charge is -2.35. The van der Waals surface area contributed by atoms with Crippen molar-refractivity contribution in [1.29, 1.82) is 0 Å². The number of carbonyl (C=O) groups excluding carboxylic acids is 1. The van der Waals surface area contributed by atoms with E-state index in [1.54, 1.807) is 17.9 Å². The van der Waals surface area contributed by atoms with Gasteiger partial charge in [-0.2, -0.15) is 0 Å². The van der Waals surface area contributed by atoms with E-state index in [1.807, 2.05) is 0 Å². The molecule has 1 N–H and O–H groups in total. The quantitative estimate of drug-likeness (QED) is 0.908. The minimum Gasteiger partial charge on any atom is -0.392 e. The van der Waals surface area contributed by atoms with Gasteiger partial charge < -0.3 is 10.0 Å². The van der Waals surface area contributed by atoms with E-state index >= 15 is 0 Å². The first kappa shape index (κ1) is 15.4. The second-order valence-corrected chi connectivity index (χ2v) is 5.98. The lowest BCUT2D eigenvalue weighted by molar-refractivity contribution is 0.0550. The molecular weight excluding hydrogens is 327 g/mol. The summed E-state index contributed by atoms with van der Waals surface area (Å²) < 4.78 is 14.4. The van der Waals surface area contributed by atoms with Gasteiger partial charge in [0, 0.05) is 37.2 Å². The number of halogens is 2. The Hall–Kier alpha value is -0.980. The highest BCUT2D eigenvalue weighted by Gasteiger charge is 2.24. The molecule has 6 heteroatoms. The Kier molecular flexibility index (Phi) is 5.12. The van der Waals surface area contributed by atoms with Crippen LogP contribution in [0.15, 0.2) is 22.7 Å². The fourth-order valence-corrected chi connectivity index (χ4v) is 2.67. The molecule has 1 aliphatic heterocycles. The van der Waals surface area contributed by atoms with Crippen molar-refractivity contribution in [2.45, 2.75) is 13.0 Å². The number of β-amino-alcohol motifs (C(OH)–C–C–N with tert-alkyl or cyclic N) is 1. The normalized spacial score (nSPS) is 18.1. The topological polar surface area (TPSA) is 43.8 Å². The van der Waals surface area contributed by atoms with Gasteiger partial charge in [0.15, 0.2) is 0 Å². The largest absolute Gasteiger partial charge is 0.392 e.